The smallest absolute Gasteiger partial charge is 0.307 e. The topological polar surface area (TPSA) is 49.0 Å². The van der Waals surface area contributed by atoms with Crippen molar-refractivity contribution in [3.63, 3.8) is 0 Å². The van der Waals surface area contributed by atoms with Crippen molar-refractivity contribution in [3.8, 4) is 11.7 Å². The summed E-state index contributed by atoms with van der Waals surface area (Å²) in [5.41, 5.74) is 8.66. The number of hydrogen-bond acceptors (Lipinski definition) is 3. The molecule has 0 radical (unpaired) electrons. The van der Waals surface area contributed by atoms with Crippen LogP contribution in [0.5, 0.6) is 0 Å². The fourth-order valence-corrected chi connectivity index (χ4v) is 7.60. The molecule has 5 heteroatoms. The third kappa shape index (κ3) is 3.06. The van der Waals surface area contributed by atoms with Crippen LogP contribution in [0.4, 0.5) is 0 Å². The number of furan rings is 1. The molecule has 0 saturated heterocycles. The summed E-state index contributed by atoms with van der Waals surface area (Å²) in [6.07, 6.45) is 0. The largest absolute Gasteiger partial charge is 0.456 e. The van der Waals surface area contributed by atoms with Gasteiger partial charge < -0.3 is 13.4 Å². The molecule has 4 aromatic heterocycles. The number of oxazole rings is 1. The lowest BCUT2D eigenvalue weighted by Crippen LogP contribution is -1.97. The first-order valence-electron chi connectivity index (χ1n) is 15.5. The lowest BCUT2D eigenvalue weighted by atomic mass is 10.0. The minimum atomic E-state index is 0.532. The van der Waals surface area contributed by atoms with Crippen LogP contribution in [0.3, 0.4) is 0 Å². The molecule has 11 aromatic rings. The molecule has 214 valence electrons. The Kier molecular flexibility index (Phi) is 4.52. The van der Waals surface area contributed by atoms with Crippen LogP contribution >= 0.6 is 0 Å². The Bertz CT molecular complexity index is 3040. The summed E-state index contributed by atoms with van der Waals surface area (Å²) in [5.74, 6) is 0. The zero-order valence-electron chi connectivity index (χ0n) is 24.4. The van der Waals surface area contributed by atoms with E-state index in [1.165, 1.54) is 32.6 Å². The Morgan fingerprint density at radius 1 is 0.435 bits per heavy atom. The lowest BCUT2D eigenvalue weighted by Gasteiger charge is -2.10. The quantitative estimate of drug-likeness (QED) is 0.202. The summed E-state index contributed by atoms with van der Waals surface area (Å²) < 4.78 is 17.4. The SMILES string of the molecule is c1ccc2c(c1)ccc1c2c2ccccc2n1-c1ccc2c3ccccc3n(-c3nc4ccc5oc6ccccc6c5c4o3)c2c1. The lowest BCUT2D eigenvalue weighted by molar-refractivity contribution is 0.577. The number of rotatable bonds is 2. The van der Waals surface area contributed by atoms with Gasteiger partial charge >= 0.3 is 6.01 Å². The third-order valence-corrected chi connectivity index (χ3v) is 9.55. The minimum Gasteiger partial charge on any atom is -0.456 e. The van der Waals surface area contributed by atoms with Gasteiger partial charge in [0.1, 0.15) is 16.7 Å². The molecule has 0 aliphatic heterocycles. The minimum absolute atomic E-state index is 0.532. The second-order valence-electron chi connectivity index (χ2n) is 12.0. The normalized spacial score (nSPS) is 12.3. The van der Waals surface area contributed by atoms with Crippen LogP contribution in [0, 0.1) is 0 Å². The highest BCUT2D eigenvalue weighted by Gasteiger charge is 2.21. The van der Waals surface area contributed by atoms with Crippen molar-refractivity contribution >= 4 is 87.4 Å². The predicted octanol–water partition coefficient (Wildman–Crippen LogP) is 11.1. The molecular formula is C41H23N3O2. The van der Waals surface area contributed by atoms with Crippen molar-refractivity contribution in [1.82, 2.24) is 14.1 Å². The van der Waals surface area contributed by atoms with Crippen LogP contribution in [0.1, 0.15) is 0 Å². The molecule has 0 N–H and O–H groups in total. The van der Waals surface area contributed by atoms with E-state index in [2.05, 4.69) is 118 Å². The van der Waals surface area contributed by atoms with Crippen molar-refractivity contribution in [1.29, 1.82) is 0 Å². The van der Waals surface area contributed by atoms with E-state index >= 15 is 0 Å². The van der Waals surface area contributed by atoms with E-state index in [9.17, 15) is 0 Å². The number of aromatic nitrogens is 3. The van der Waals surface area contributed by atoms with Gasteiger partial charge in [-0.15, -0.1) is 0 Å². The molecule has 7 aromatic carbocycles. The maximum Gasteiger partial charge on any atom is 0.307 e. The molecule has 0 bridgehead atoms. The average molecular weight is 590 g/mol. The van der Waals surface area contributed by atoms with Gasteiger partial charge in [-0.25, -0.2) is 0 Å². The molecule has 0 amide bonds. The average Bonchev–Trinajstić information content (AvgIpc) is 3.86. The van der Waals surface area contributed by atoms with Gasteiger partial charge in [0.25, 0.3) is 0 Å². The van der Waals surface area contributed by atoms with Crippen molar-refractivity contribution in [3.05, 3.63) is 140 Å². The van der Waals surface area contributed by atoms with E-state index in [0.29, 0.717) is 6.01 Å². The highest BCUT2D eigenvalue weighted by atomic mass is 16.4. The van der Waals surface area contributed by atoms with Gasteiger partial charge in [-0.2, -0.15) is 4.98 Å². The molecule has 4 heterocycles. The zero-order chi connectivity index (χ0) is 29.9. The highest BCUT2D eigenvalue weighted by molar-refractivity contribution is 6.21. The van der Waals surface area contributed by atoms with Crippen molar-refractivity contribution in [2.45, 2.75) is 0 Å². The van der Waals surface area contributed by atoms with Crippen LogP contribution in [0.15, 0.2) is 148 Å². The van der Waals surface area contributed by atoms with Crippen molar-refractivity contribution < 1.29 is 8.83 Å². The summed E-state index contributed by atoms with van der Waals surface area (Å²) in [6, 6.07) is 49.6. The van der Waals surface area contributed by atoms with Gasteiger partial charge in [-0.1, -0.05) is 91.0 Å². The first kappa shape index (κ1) is 24.0. The maximum atomic E-state index is 6.71. The van der Waals surface area contributed by atoms with Crippen LogP contribution in [-0.4, -0.2) is 14.1 Å². The number of hydrogen-bond donors (Lipinski definition) is 0. The Balaban J connectivity index is 1.23. The number of fused-ring (bicyclic) bond motifs is 13. The summed E-state index contributed by atoms with van der Waals surface area (Å²) in [4.78, 5) is 5.07. The number of nitrogens with zero attached hydrogens (tertiary/aromatic N) is 3. The Morgan fingerprint density at radius 2 is 1.15 bits per heavy atom. The first-order valence-corrected chi connectivity index (χ1v) is 15.5. The first-order chi connectivity index (χ1) is 22.8. The summed E-state index contributed by atoms with van der Waals surface area (Å²) in [7, 11) is 0. The maximum absolute atomic E-state index is 6.71. The van der Waals surface area contributed by atoms with Crippen LogP contribution < -0.4 is 0 Å². The molecular weight excluding hydrogens is 566 g/mol. The van der Waals surface area contributed by atoms with E-state index < -0.39 is 0 Å². The van der Waals surface area contributed by atoms with E-state index in [0.717, 1.165) is 60.5 Å². The van der Waals surface area contributed by atoms with Crippen molar-refractivity contribution in [2.24, 2.45) is 0 Å². The van der Waals surface area contributed by atoms with Gasteiger partial charge in [0.2, 0.25) is 0 Å². The highest BCUT2D eigenvalue weighted by Crippen LogP contribution is 2.40. The monoisotopic (exact) mass is 589 g/mol. The van der Waals surface area contributed by atoms with E-state index in [4.69, 9.17) is 13.8 Å². The predicted molar refractivity (Wildman–Crippen MR) is 187 cm³/mol. The van der Waals surface area contributed by atoms with Gasteiger partial charge in [-0.05, 0) is 59.3 Å². The number of para-hydroxylation sites is 3. The van der Waals surface area contributed by atoms with Gasteiger partial charge in [0.15, 0.2) is 5.58 Å². The van der Waals surface area contributed by atoms with E-state index in [1.807, 2.05) is 30.3 Å². The van der Waals surface area contributed by atoms with E-state index in [1.54, 1.807) is 0 Å². The molecule has 46 heavy (non-hydrogen) atoms. The molecule has 0 aliphatic rings. The molecule has 0 spiro atoms. The van der Waals surface area contributed by atoms with Gasteiger partial charge in [-0.3, -0.25) is 4.57 Å². The van der Waals surface area contributed by atoms with Gasteiger partial charge in [0.05, 0.1) is 27.5 Å². The molecule has 5 nitrogen and oxygen atoms in total. The second kappa shape index (κ2) is 8.65. The fourth-order valence-electron chi connectivity index (χ4n) is 7.60. The van der Waals surface area contributed by atoms with Crippen LogP contribution in [-0.2, 0) is 0 Å². The summed E-state index contributed by atoms with van der Waals surface area (Å²) in [6.45, 7) is 0. The zero-order valence-corrected chi connectivity index (χ0v) is 24.4. The van der Waals surface area contributed by atoms with E-state index in [-0.39, 0.29) is 0 Å². The summed E-state index contributed by atoms with van der Waals surface area (Å²) >= 11 is 0. The van der Waals surface area contributed by atoms with Crippen molar-refractivity contribution in [2.75, 3.05) is 0 Å². The second-order valence-corrected chi connectivity index (χ2v) is 12.0. The summed E-state index contributed by atoms with van der Waals surface area (Å²) in [5, 5.41) is 9.28. The van der Waals surface area contributed by atoms with Crippen LogP contribution in [0.25, 0.3) is 99.1 Å². The molecule has 0 unspecified atom stereocenters. The molecule has 0 fully saturated rings. The Hall–Kier alpha value is -6.33. The standard InChI is InChI=1S/C41H23N3O2/c1-2-10-26-24(9-1)17-21-34-38(26)29-12-4-7-15-33(29)43(34)25-18-19-28-27-11-3-6-14-32(27)44(35(28)23-25)41-42-31-20-22-37-39(40(31)46-41)30-13-5-8-16-36(30)45-37/h1-23H. The molecule has 0 atom stereocenters. The fraction of sp³-hybridized carbons (Fsp3) is 0. The Morgan fingerprint density at radius 3 is 2.04 bits per heavy atom. The number of benzene rings is 7. The Labute approximate surface area is 261 Å². The van der Waals surface area contributed by atoms with Crippen LogP contribution in [0.2, 0.25) is 0 Å². The molecule has 0 aliphatic carbocycles. The molecule has 11 rings (SSSR count). The molecule has 0 saturated carbocycles. The van der Waals surface area contributed by atoms with Gasteiger partial charge in [0, 0.05) is 32.6 Å². The third-order valence-electron chi connectivity index (χ3n) is 9.55.